The predicted molar refractivity (Wildman–Crippen MR) is 105 cm³/mol. The van der Waals surface area contributed by atoms with Crippen molar-refractivity contribution in [2.75, 3.05) is 10.6 Å². The molecule has 0 radical (unpaired) electrons. The molecule has 0 aliphatic heterocycles. The van der Waals surface area contributed by atoms with Crippen LogP contribution < -0.4 is 10.6 Å². The van der Waals surface area contributed by atoms with Crippen LogP contribution in [0.2, 0.25) is 0 Å². The molecule has 3 aromatic carbocycles. The number of benzene rings is 3. The van der Waals surface area contributed by atoms with Crippen LogP contribution in [0.1, 0.15) is 15.9 Å². The number of amides is 2. The predicted octanol–water partition coefficient (Wildman–Crippen LogP) is 4.73. The van der Waals surface area contributed by atoms with E-state index in [1.54, 1.807) is 54.6 Å². The molecular formula is C22H17FN2O2. The van der Waals surface area contributed by atoms with Gasteiger partial charge in [0.15, 0.2) is 0 Å². The van der Waals surface area contributed by atoms with Crippen molar-refractivity contribution in [3.63, 3.8) is 0 Å². The molecule has 0 saturated carbocycles. The summed E-state index contributed by atoms with van der Waals surface area (Å²) in [5, 5.41) is 5.50. The zero-order valence-corrected chi connectivity index (χ0v) is 14.4. The molecule has 2 amide bonds. The van der Waals surface area contributed by atoms with Crippen LogP contribution in [0.15, 0.2) is 84.9 Å². The second kappa shape index (κ2) is 8.58. The van der Waals surface area contributed by atoms with Gasteiger partial charge in [-0.3, -0.25) is 9.59 Å². The van der Waals surface area contributed by atoms with Crippen LogP contribution in [0.5, 0.6) is 0 Å². The number of carbonyl (C=O) groups excluding carboxylic acids is 2. The molecule has 0 fully saturated rings. The highest BCUT2D eigenvalue weighted by Gasteiger charge is 2.06. The molecule has 4 nitrogen and oxygen atoms in total. The molecule has 0 aromatic heterocycles. The van der Waals surface area contributed by atoms with Crippen molar-refractivity contribution in [1.82, 2.24) is 0 Å². The summed E-state index contributed by atoms with van der Waals surface area (Å²) < 4.78 is 12.9. The average molecular weight is 360 g/mol. The Labute approximate surface area is 156 Å². The van der Waals surface area contributed by atoms with Gasteiger partial charge in [0.1, 0.15) is 5.82 Å². The molecule has 0 atom stereocenters. The Morgan fingerprint density at radius 3 is 2.04 bits per heavy atom. The fourth-order valence-corrected chi connectivity index (χ4v) is 2.36. The standard InChI is InChI=1S/C22H17FN2O2/c23-18-11-6-16(7-12-18)8-15-21(26)24-20-13-9-17(10-14-20)22(27)25-19-4-2-1-3-5-19/h1-15H,(H,24,26)(H,25,27)/b15-8+. The summed E-state index contributed by atoms with van der Waals surface area (Å²) >= 11 is 0. The van der Waals surface area contributed by atoms with E-state index in [-0.39, 0.29) is 17.6 Å². The van der Waals surface area contributed by atoms with E-state index < -0.39 is 0 Å². The summed E-state index contributed by atoms with van der Waals surface area (Å²) in [6.45, 7) is 0. The topological polar surface area (TPSA) is 58.2 Å². The summed E-state index contributed by atoms with van der Waals surface area (Å²) in [6, 6.07) is 21.6. The van der Waals surface area contributed by atoms with E-state index in [0.717, 1.165) is 5.56 Å². The van der Waals surface area contributed by atoms with E-state index in [9.17, 15) is 14.0 Å². The van der Waals surface area contributed by atoms with Gasteiger partial charge in [-0.25, -0.2) is 4.39 Å². The Morgan fingerprint density at radius 2 is 1.37 bits per heavy atom. The molecule has 0 aliphatic rings. The van der Waals surface area contributed by atoms with Crippen LogP contribution in [0.3, 0.4) is 0 Å². The lowest BCUT2D eigenvalue weighted by molar-refractivity contribution is -0.111. The van der Waals surface area contributed by atoms with Crippen molar-refractivity contribution in [3.8, 4) is 0 Å². The fourth-order valence-electron chi connectivity index (χ4n) is 2.36. The normalized spacial score (nSPS) is 10.6. The van der Waals surface area contributed by atoms with Gasteiger partial charge in [-0.05, 0) is 60.2 Å². The fraction of sp³-hybridized carbons (Fsp3) is 0. The van der Waals surface area contributed by atoms with Crippen molar-refractivity contribution in [3.05, 3.63) is 102 Å². The molecule has 0 spiro atoms. The molecule has 3 rings (SSSR count). The largest absolute Gasteiger partial charge is 0.323 e. The maximum Gasteiger partial charge on any atom is 0.255 e. The lowest BCUT2D eigenvalue weighted by Gasteiger charge is -2.06. The number of hydrogen-bond donors (Lipinski definition) is 2. The first-order valence-electron chi connectivity index (χ1n) is 8.31. The molecule has 0 saturated heterocycles. The van der Waals surface area contributed by atoms with Crippen molar-refractivity contribution in [2.45, 2.75) is 0 Å². The van der Waals surface area contributed by atoms with E-state index in [0.29, 0.717) is 16.9 Å². The summed E-state index contributed by atoms with van der Waals surface area (Å²) in [6.07, 6.45) is 2.96. The maximum atomic E-state index is 12.9. The van der Waals surface area contributed by atoms with E-state index in [4.69, 9.17) is 0 Å². The van der Waals surface area contributed by atoms with Crippen LogP contribution in [-0.4, -0.2) is 11.8 Å². The van der Waals surface area contributed by atoms with Gasteiger partial charge in [0.25, 0.3) is 5.91 Å². The number of anilines is 2. The number of rotatable bonds is 5. The highest BCUT2D eigenvalue weighted by molar-refractivity contribution is 6.05. The molecule has 0 aliphatic carbocycles. The van der Waals surface area contributed by atoms with Crippen molar-refractivity contribution in [1.29, 1.82) is 0 Å². The third kappa shape index (κ3) is 5.37. The van der Waals surface area contributed by atoms with Gasteiger partial charge in [-0.2, -0.15) is 0 Å². The number of halogens is 1. The van der Waals surface area contributed by atoms with E-state index in [2.05, 4.69) is 10.6 Å². The first kappa shape index (κ1) is 18.1. The zero-order valence-electron chi connectivity index (χ0n) is 14.4. The van der Waals surface area contributed by atoms with Crippen molar-refractivity contribution >= 4 is 29.3 Å². The third-order valence-electron chi connectivity index (χ3n) is 3.74. The monoisotopic (exact) mass is 360 g/mol. The zero-order chi connectivity index (χ0) is 19.1. The van der Waals surface area contributed by atoms with Crippen LogP contribution in [0.25, 0.3) is 6.08 Å². The molecule has 3 aromatic rings. The van der Waals surface area contributed by atoms with E-state index in [1.807, 2.05) is 18.2 Å². The SMILES string of the molecule is O=C(/C=C/c1ccc(F)cc1)Nc1ccc(C(=O)Nc2ccccc2)cc1. The molecule has 27 heavy (non-hydrogen) atoms. The smallest absolute Gasteiger partial charge is 0.255 e. The second-order valence-corrected chi connectivity index (χ2v) is 5.77. The van der Waals surface area contributed by atoms with Crippen LogP contribution >= 0.6 is 0 Å². The Kier molecular flexibility index (Phi) is 5.74. The van der Waals surface area contributed by atoms with Crippen molar-refractivity contribution < 1.29 is 14.0 Å². The number of carbonyl (C=O) groups is 2. The molecule has 2 N–H and O–H groups in total. The third-order valence-corrected chi connectivity index (χ3v) is 3.74. The van der Waals surface area contributed by atoms with Gasteiger partial charge in [0.2, 0.25) is 5.91 Å². The summed E-state index contributed by atoms with van der Waals surface area (Å²) in [4.78, 5) is 24.2. The van der Waals surface area contributed by atoms with E-state index >= 15 is 0 Å². The highest BCUT2D eigenvalue weighted by atomic mass is 19.1. The minimum absolute atomic E-state index is 0.227. The molecule has 5 heteroatoms. The number of hydrogen-bond acceptors (Lipinski definition) is 2. The lowest BCUT2D eigenvalue weighted by Crippen LogP contribution is -2.12. The van der Waals surface area contributed by atoms with Gasteiger partial charge >= 0.3 is 0 Å². The minimum Gasteiger partial charge on any atom is -0.323 e. The van der Waals surface area contributed by atoms with Gasteiger partial charge in [0.05, 0.1) is 0 Å². The first-order valence-corrected chi connectivity index (χ1v) is 8.31. The summed E-state index contributed by atoms with van der Waals surface area (Å²) in [7, 11) is 0. The van der Waals surface area contributed by atoms with Crippen LogP contribution in [-0.2, 0) is 4.79 Å². The van der Waals surface area contributed by atoms with Gasteiger partial charge in [-0.1, -0.05) is 30.3 Å². The van der Waals surface area contributed by atoms with Gasteiger partial charge < -0.3 is 10.6 Å². The second-order valence-electron chi connectivity index (χ2n) is 5.77. The first-order chi connectivity index (χ1) is 13.1. The van der Waals surface area contributed by atoms with Gasteiger partial charge in [0, 0.05) is 23.0 Å². The summed E-state index contributed by atoms with van der Waals surface area (Å²) in [5.74, 6) is -0.871. The summed E-state index contributed by atoms with van der Waals surface area (Å²) in [5.41, 5.74) is 2.49. The van der Waals surface area contributed by atoms with Crippen LogP contribution in [0.4, 0.5) is 15.8 Å². The Morgan fingerprint density at radius 1 is 0.741 bits per heavy atom. The van der Waals surface area contributed by atoms with Crippen molar-refractivity contribution in [2.24, 2.45) is 0 Å². The van der Waals surface area contributed by atoms with Crippen LogP contribution in [0, 0.1) is 5.82 Å². The number of nitrogens with one attached hydrogen (secondary N) is 2. The van der Waals surface area contributed by atoms with E-state index in [1.165, 1.54) is 18.2 Å². The average Bonchev–Trinajstić information content (AvgIpc) is 2.69. The molecule has 0 heterocycles. The molecule has 0 unspecified atom stereocenters. The highest BCUT2D eigenvalue weighted by Crippen LogP contribution is 2.13. The minimum atomic E-state index is -0.326. The maximum absolute atomic E-state index is 12.9. The Balaban J connectivity index is 1.57. The molecule has 0 bridgehead atoms. The number of para-hydroxylation sites is 1. The Bertz CT molecular complexity index is 950. The lowest BCUT2D eigenvalue weighted by atomic mass is 10.2. The molecule has 134 valence electrons. The quantitative estimate of drug-likeness (QED) is 0.646. The van der Waals surface area contributed by atoms with Gasteiger partial charge in [-0.15, -0.1) is 0 Å². The Hall–Kier alpha value is -3.73. The molecular weight excluding hydrogens is 343 g/mol.